The Morgan fingerprint density at radius 1 is 1.10 bits per heavy atom. The number of hydrogen-bond donors (Lipinski definition) is 2. The van der Waals surface area contributed by atoms with E-state index >= 15 is 0 Å². The number of H-pyrrole nitrogens is 1. The number of rotatable bonds is 6. The van der Waals surface area contributed by atoms with Crippen molar-refractivity contribution in [1.82, 2.24) is 20.4 Å². The Hall–Kier alpha value is -2.63. The lowest BCUT2D eigenvalue weighted by molar-refractivity contribution is -0.132. The number of likely N-dealkylation sites (tertiary alicyclic amines) is 1. The van der Waals surface area contributed by atoms with Gasteiger partial charge in [0.05, 0.1) is 0 Å². The van der Waals surface area contributed by atoms with Gasteiger partial charge in [0.1, 0.15) is 5.69 Å². The summed E-state index contributed by atoms with van der Waals surface area (Å²) in [6.07, 6.45) is 7.79. The lowest BCUT2D eigenvalue weighted by atomic mass is 9.94. The summed E-state index contributed by atoms with van der Waals surface area (Å²) in [7, 11) is 0. The summed E-state index contributed by atoms with van der Waals surface area (Å²) < 4.78 is 0. The van der Waals surface area contributed by atoms with Crippen LogP contribution in [0.2, 0.25) is 0 Å². The summed E-state index contributed by atoms with van der Waals surface area (Å²) in [5.41, 5.74) is 2.61. The molecule has 0 unspecified atom stereocenters. The van der Waals surface area contributed by atoms with E-state index in [1.54, 1.807) is 0 Å². The van der Waals surface area contributed by atoms with Crippen molar-refractivity contribution >= 4 is 11.8 Å². The molecule has 1 aliphatic heterocycles. The molecule has 0 spiro atoms. The largest absolute Gasteiger partial charge is 0.348 e. The summed E-state index contributed by atoms with van der Waals surface area (Å²) in [5.74, 6) is 0.327. The molecule has 2 heterocycles. The van der Waals surface area contributed by atoms with Gasteiger partial charge < -0.3 is 10.2 Å². The molecule has 0 bridgehead atoms. The van der Waals surface area contributed by atoms with Gasteiger partial charge in [-0.3, -0.25) is 14.7 Å². The van der Waals surface area contributed by atoms with Crippen LogP contribution in [0.3, 0.4) is 0 Å². The van der Waals surface area contributed by atoms with Crippen LogP contribution < -0.4 is 5.32 Å². The van der Waals surface area contributed by atoms with Crippen LogP contribution in [0, 0.1) is 0 Å². The van der Waals surface area contributed by atoms with Gasteiger partial charge in [-0.25, -0.2) is 0 Å². The zero-order chi connectivity index (χ0) is 20.1. The summed E-state index contributed by atoms with van der Waals surface area (Å²) in [6.45, 7) is 1.51. The first kappa shape index (κ1) is 19.7. The molecule has 1 atom stereocenters. The fourth-order valence-electron chi connectivity index (χ4n) is 4.50. The molecule has 1 saturated carbocycles. The zero-order valence-electron chi connectivity index (χ0n) is 16.9. The number of piperidine rings is 1. The molecule has 2 aliphatic rings. The van der Waals surface area contributed by atoms with Crippen molar-refractivity contribution in [2.75, 3.05) is 13.1 Å². The minimum atomic E-state index is -0.0917. The molecule has 2 N–H and O–H groups in total. The number of carbonyl (C=O) groups excluding carboxylic acids is 2. The fourth-order valence-corrected chi connectivity index (χ4v) is 4.50. The summed E-state index contributed by atoms with van der Waals surface area (Å²) >= 11 is 0. The van der Waals surface area contributed by atoms with E-state index < -0.39 is 0 Å². The highest BCUT2D eigenvalue weighted by Crippen LogP contribution is 2.27. The second-order valence-corrected chi connectivity index (χ2v) is 8.33. The molecule has 4 rings (SSSR count). The molecule has 2 fully saturated rings. The normalized spacial score (nSPS) is 20.0. The summed E-state index contributed by atoms with van der Waals surface area (Å²) in [5, 5.41) is 10.4. The summed E-state index contributed by atoms with van der Waals surface area (Å²) in [6, 6.07) is 12.3. The van der Waals surface area contributed by atoms with Crippen molar-refractivity contribution in [2.24, 2.45) is 0 Å². The minimum absolute atomic E-state index is 0.0917. The SMILES string of the molecule is O=C(NC1CCCC1)c1cc([C@@H]2CCCN(C(=O)CCc3ccccc3)C2)[nH]n1. The smallest absolute Gasteiger partial charge is 0.271 e. The third-order valence-corrected chi connectivity index (χ3v) is 6.20. The third kappa shape index (κ3) is 5.05. The van der Waals surface area contributed by atoms with Crippen molar-refractivity contribution in [2.45, 2.75) is 63.3 Å². The van der Waals surface area contributed by atoms with E-state index in [9.17, 15) is 9.59 Å². The predicted molar refractivity (Wildman–Crippen MR) is 112 cm³/mol. The van der Waals surface area contributed by atoms with Crippen molar-refractivity contribution < 1.29 is 9.59 Å². The maximum atomic E-state index is 12.7. The average Bonchev–Trinajstić information content (AvgIpc) is 3.45. The monoisotopic (exact) mass is 394 g/mol. The molecular weight excluding hydrogens is 364 g/mol. The van der Waals surface area contributed by atoms with Gasteiger partial charge in [0, 0.05) is 37.2 Å². The fraction of sp³-hybridized carbons (Fsp3) is 0.522. The van der Waals surface area contributed by atoms with Crippen LogP contribution >= 0.6 is 0 Å². The van der Waals surface area contributed by atoms with E-state index in [1.165, 1.54) is 18.4 Å². The average molecular weight is 395 g/mol. The number of nitrogens with zero attached hydrogens (tertiary/aromatic N) is 2. The van der Waals surface area contributed by atoms with Gasteiger partial charge in [-0.15, -0.1) is 0 Å². The number of aromatic nitrogens is 2. The standard InChI is InChI=1S/C23H30N4O2/c28-22(13-12-17-7-2-1-3-8-17)27-14-6-9-18(16-27)20-15-21(26-25-20)23(29)24-19-10-4-5-11-19/h1-3,7-8,15,18-19H,4-6,9-14,16H2,(H,24,29)(H,25,26)/t18-/m1/s1. The van der Waals surface area contributed by atoms with Gasteiger partial charge >= 0.3 is 0 Å². The van der Waals surface area contributed by atoms with Crippen molar-refractivity contribution in [1.29, 1.82) is 0 Å². The Morgan fingerprint density at radius 3 is 2.69 bits per heavy atom. The van der Waals surface area contributed by atoms with E-state index in [1.807, 2.05) is 29.2 Å². The van der Waals surface area contributed by atoms with E-state index in [-0.39, 0.29) is 23.8 Å². The van der Waals surface area contributed by atoms with Crippen LogP contribution in [0.1, 0.15) is 72.6 Å². The number of benzene rings is 1. The maximum Gasteiger partial charge on any atom is 0.271 e. The van der Waals surface area contributed by atoms with Gasteiger partial charge in [0.15, 0.2) is 0 Å². The highest BCUT2D eigenvalue weighted by molar-refractivity contribution is 5.92. The lowest BCUT2D eigenvalue weighted by Crippen LogP contribution is -2.39. The molecule has 0 radical (unpaired) electrons. The van der Waals surface area contributed by atoms with Gasteiger partial charge in [0.25, 0.3) is 5.91 Å². The van der Waals surface area contributed by atoms with Gasteiger partial charge in [-0.2, -0.15) is 5.10 Å². The van der Waals surface area contributed by atoms with Gasteiger partial charge in [0.2, 0.25) is 5.91 Å². The lowest BCUT2D eigenvalue weighted by Gasteiger charge is -2.32. The Kier molecular flexibility index (Phi) is 6.27. The topological polar surface area (TPSA) is 78.1 Å². The van der Waals surface area contributed by atoms with Gasteiger partial charge in [-0.1, -0.05) is 43.2 Å². The molecule has 2 aromatic rings. The van der Waals surface area contributed by atoms with Crippen molar-refractivity contribution in [3.63, 3.8) is 0 Å². The van der Waals surface area contributed by atoms with Crippen LogP contribution in [0.25, 0.3) is 0 Å². The molecule has 1 aromatic heterocycles. The number of aromatic amines is 1. The second kappa shape index (κ2) is 9.25. The number of amides is 2. The van der Waals surface area contributed by atoms with E-state index in [2.05, 4.69) is 27.6 Å². The molecule has 6 nitrogen and oxygen atoms in total. The Bertz CT molecular complexity index is 826. The van der Waals surface area contributed by atoms with E-state index in [0.29, 0.717) is 18.7 Å². The predicted octanol–water partition coefficient (Wildman–Crippen LogP) is 3.42. The van der Waals surface area contributed by atoms with Crippen LogP contribution in [0.4, 0.5) is 0 Å². The second-order valence-electron chi connectivity index (χ2n) is 8.33. The minimum Gasteiger partial charge on any atom is -0.348 e. The first-order valence-electron chi connectivity index (χ1n) is 10.9. The number of carbonyl (C=O) groups is 2. The van der Waals surface area contributed by atoms with E-state index in [4.69, 9.17) is 0 Å². The zero-order valence-corrected chi connectivity index (χ0v) is 16.9. The highest BCUT2D eigenvalue weighted by atomic mass is 16.2. The first-order valence-corrected chi connectivity index (χ1v) is 10.9. The number of aryl methyl sites for hydroxylation is 1. The molecule has 1 saturated heterocycles. The first-order chi connectivity index (χ1) is 14.2. The van der Waals surface area contributed by atoms with Gasteiger partial charge in [-0.05, 0) is 43.7 Å². The molecular formula is C23H30N4O2. The van der Waals surface area contributed by atoms with Crippen molar-refractivity contribution in [3.8, 4) is 0 Å². The quantitative estimate of drug-likeness (QED) is 0.788. The van der Waals surface area contributed by atoms with Crippen molar-refractivity contribution in [3.05, 3.63) is 53.3 Å². The number of hydrogen-bond acceptors (Lipinski definition) is 3. The number of nitrogens with one attached hydrogen (secondary N) is 2. The van der Waals surface area contributed by atoms with Crippen LogP contribution in [-0.2, 0) is 11.2 Å². The van der Waals surface area contributed by atoms with Crippen LogP contribution in [0.5, 0.6) is 0 Å². The maximum absolute atomic E-state index is 12.7. The molecule has 29 heavy (non-hydrogen) atoms. The third-order valence-electron chi connectivity index (χ3n) is 6.20. The Labute approximate surface area is 172 Å². The molecule has 1 aromatic carbocycles. The Balaban J connectivity index is 1.31. The highest BCUT2D eigenvalue weighted by Gasteiger charge is 2.27. The summed E-state index contributed by atoms with van der Waals surface area (Å²) in [4.78, 5) is 27.1. The molecule has 1 aliphatic carbocycles. The van der Waals surface area contributed by atoms with Crippen LogP contribution in [-0.4, -0.2) is 46.0 Å². The van der Waals surface area contributed by atoms with Crippen LogP contribution in [0.15, 0.2) is 36.4 Å². The Morgan fingerprint density at radius 2 is 1.90 bits per heavy atom. The van der Waals surface area contributed by atoms with E-state index in [0.717, 1.165) is 44.3 Å². The molecule has 154 valence electrons. The molecule has 6 heteroatoms. The molecule has 2 amide bonds.